The summed E-state index contributed by atoms with van der Waals surface area (Å²) in [5.41, 5.74) is 4.65. The summed E-state index contributed by atoms with van der Waals surface area (Å²) in [6.45, 7) is 6.21. The van der Waals surface area contributed by atoms with Crippen molar-refractivity contribution in [1.82, 2.24) is 20.0 Å². The molecule has 4 rings (SSSR count). The number of amides is 2. The van der Waals surface area contributed by atoms with Gasteiger partial charge in [0.15, 0.2) is 0 Å². The molecule has 2 saturated heterocycles. The quantitative estimate of drug-likeness (QED) is 0.750. The minimum absolute atomic E-state index is 0.0287. The number of piperidine rings is 1. The van der Waals surface area contributed by atoms with Crippen LogP contribution in [0.25, 0.3) is 11.3 Å². The lowest BCUT2D eigenvalue weighted by Gasteiger charge is -2.35. The molecule has 2 amide bonds. The summed E-state index contributed by atoms with van der Waals surface area (Å²) >= 11 is 0. The molecular weight excluding hydrogens is 400 g/mol. The summed E-state index contributed by atoms with van der Waals surface area (Å²) in [4.78, 5) is 36.6. The van der Waals surface area contributed by atoms with Crippen molar-refractivity contribution in [3.05, 3.63) is 47.2 Å². The number of hydrogen-bond donors (Lipinski definition) is 1. The number of hydrogen-bond acceptors (Lipinski definition) is 6. The van der Waals surface area contributed by atoms with E-state index in [-0.39, 0.29) is 24.5 Å². The van der Waals surface area contributed by atoms with Gasteiger partial charge < -0.3 is 19.6 Å². The van der Waals surface area contributed by atoms with Crippen LogP contribution in [-0.4, -0.2) is 75.9 Å². The zero-order valence-electron chi connectivity index (χ0n) is 17.7. The lowest BCUT2D eigenvalue weighted by Crippen LogP contribution is -2.47. The van der Waals surface area contributed by atoms with Gasteiger partial charge in [0.25, 0.3) is 12.4 Å². The van der Waals surface area contributed by atoms with E-state index in [1.807, 2.05) is 43.0 Å². The lowest BCUT2D eigenvalue weighted by atomic mass is 10.0. The van der Waals surface area contributed by atoms with Crippen LogP contribution in [0.4, 0.5) is 4.79 Å². The Bertz CT molecular complexity index is 939. The van der Waals surface area contributed by atoms with Crippen molar-refractivity contribution < 1.29 is 24.2 Å². The fourth-order valence-electron chi connectivity index (χ4n) is 3.88. The van der Waals surface area contributed by atoms with E-state index in [1.165, 1.54) is 0 Å². The van der Waals surface area contributed by atoms with Gasteiger partial charge in [-0.25, -0.2) is 4.79 Å². The van der Waals surface area contributed by atoms with Crippen LogP contribution in [0.3, 0.4) is 0 Å². The Morgan fingerprint density at radius 1 is 1.16 bits per heavy atom. The zero-order valence-corrected chi connectivity index (χ0v) is 17.7. The highest BCUT2D eigenvalue weighted by molar-refractivity contribution is 5.94. The summed E-state index contributed by atoms with van der Waals surface area (Å²) in [6.07, 6.45) is 3.10. The van der Waals surface area contributed by atoms with Gasteiger partial charge in [-0.1, -0.05) is 12.1 Å². The molecule has 0 radical (unpaired) electrons. The molecule has 164 valence electrons. The molecule has 1 aromatic heterocycles. The van der Waals surface area contributed by atoms with E-state index >= 15 is 0 Å². The Kier molecular flexibility index (Phi) is 7.17. The van der Waals surface area contributed by atoms with Crippen molar-refractivity contribution in [2.75, 3.05) is 26.2 Å². The van der Waals surface area contributed by atoms with E-state index in [1.54, 1.807) is 11.1 Å². The standard InChI is InChI=1S/C21H24N4O3.CH2O2/c1-14-13-22-23-19(15(14)2)16-3-5-17(6-4-16)20(26)24-9-7-18(8-10-24)25-11-12-28-21(25)27;2-1-3/h3-6,13,18H,7-12H2,1-2H3;1H,(H,2,3). The molecule has 0 atom stereocenters. The predicted molar refractivity (Wildman–Crippen MR) is 113 cm³/mol. The van der Waals surface area contributed by atoms with E-state index in [0.29, 0.717) is 31.8 Å². The number of cyclic esters (lactones) is 1. The summed E-state index contributed by atoms with van der Waals surface area (Å²) < 4.78 is 5.02. The monoisotopic (exact) mass is 426 g/mol. The third-order valence-corrected chi connectivity index (χ3v) is 5.75. The smallest absolute Gasteiger partial charge is 0.410 e. The number of likely N-dealkylation sites (tertiary alicyclic amines) is 1. The topological polar surface area (TPSA) is 113 Å². The predicted octanol–water partition coefficient (Wildman–Crippen LogP) is 2.52. The minimum Gasteiger partial charge on any atom is -0.483 e. The summed E-state index contributed by atoms with van der Waals surface area (Å²) in [5, 5.41) is 15.2. The van der Waals surface area contributed by atoms with Gasteiger partial charge in [0.1, 0.15) is 6.61 Å². The highest BCUT2D eigenvalue weighted by atomic mass is 16.6. The number of aryl methyl sites for hydroxylation is 1. The molecule has 2 aliphatic rings. The second kappa shape index (κ2) is 10.0. The molecule has 0 bridgehead atoms. The van der Waals surface area contributed by atoms with Gasteiger partial charge in [0.05, 0.1) is 18.4 Å². The molecule has 0 unspecified atom stereocenters. The summed E-state index contributed by atoms with van der Waals surface area (Å²) in [5.74, 6) is 0.0287. The molecular formula is C22H26N4O5. The highest BCUT2D eigenvalue weighted by Crippen LogP contribution is 2.24. The fraction of sp³-hybridized carbons (Fsp3) is 0.409. The van der Waals surface area contributed by atoms with Crippen molar-refractivity contribution in [2.45, 2.75) is 32.7 Å². The molecule has 9 nitrogen and oxygen atoms in total. The van der Waals surface area contributed by atoms with E-state index in [9.17, 15) is 9.59 Å². The second-order valence-corrected chi connectivity index (χ2v) is 7.52. The lowest BCUT2D eigenvalue weighted by molar-refractivity contribution is -0.122. The molecule has 1 aromatic carbocycles. The first kappa shape index (κ1) is 22.2. The first-order valence-electron chi connectivity index (χ1n) is 10.2. The first-order valence-corrected chi connectivity index (χ1v) is 10.2. The highest BCUT2D eigenvalue weighted by Gasteiger charge is 2.33. The maximum Gasteiger partial charge on any atom is 0.410 e. The number of benzene rings is 1. The van der Waals surface area contributed by atoms with Gasteiger partial charge in [-0.3, -0.25) is 9.59 Å². The van der Waals surface area contributed by atoms with Crippen LogP contribution in [-0.2, 0) is 9.53 Å². The molecule has 0 spiro atoms. The van der Waals surface area contributed by atoms with Gasteiger partial charge in [0.2, 0.25) is 0 Å². The molecule has 3 heterocycles. The van der Waals surface area contributed by atoms with Crippen molar-refractivity contribution in [3.63, 3.8) is 0 Å². The van der Waals surface area contributed by atoms with Crippen LogP contribution in [0.2, 0.25) is 0 Å². The number of carbonyl (C=O) groups excluding carboxylic acids is 2. The van der Waals surface area contributed by atoms with Crippen LogP contribution in [0.1, 0.15) is 34.3 Å². The Hall–Kier alpha value is -3.49. The number of ether oxygens (including phenoxy) is 1. The number of carbonyl (C=O) groups is 3. The Labute approximate surface area is 180 Å². The third-order valence-electron chi connectivity index (χ3n) is 5.75. The zero-order chi connectivity index (χ0) is 22.4. The Morgan fingerprint density at radius 3 is 2.39 bits per heavy atom. The Balaban J connectivity index is 0.000000858. The molecule has 2 fully saturated rings. The van der Waals surface area contributed by atoms with Gasteiger partial charge >= 0.3 is 6.09 Å². The Morgan fingerprint density at radius 2 is 1.81 bits per heavy atom. The van der Waals surface area contributed by atoms with Crippen molar-refractivity contribution in [2.24, 2.45) is 0 Å². The molecule has 2 aliphatic heterocycles. The first-order chi connectivity index (χ1) is 15.0. The average molecular weight is 426 g/mol. The van der Waals surface area contributed by atoms with E-state index in [4.69, 9.17) is 14.6 Å². The minimum atomic E-state index is -0.250. The van der Waals surface area contributed by atoms with Gasteiger partial charge in [-0.15, -0.1) is 0 Å². The van der Waals surface area contributed by atoms with Gasteiger partial charge in [0, 0.05) is 30.3 Å². The number of nitrogens with zero attached hydrogens (tertiary/aromatic N) is 4. The fourth-order valence-corrected chi connectivity index (χ4v) is 3.88. The molecule has 1 N–H and O–H groups in total. The molecule has 31 heavy (non-hydrogen) atoms. The molecule has 9 heteroatoms. The van der Waals surface area contributed by atoms with Gasteiger partial charge in [-0.2, -0.15) is 10.2 Å². The van der Waals surface area contributed by atoms with E-state index < -0.39 is 0 Å². The van der Waals surface area contributed by atoms with Gasteiger partial charge in [-0.05, 0) is 49.9 Å². The number of carboxylic acid groups (broad SMARTS) is 1. The number of aromatic nitrogens is 2. The maximum absolute atomic E-state index is 12.9. The van der Waals surface area contributed by atoms with E-state index in [2.05, 4.69) is 10.2 Å². The van der Waals surface area contributed by atoms with Crippen molar-refractivity contribution in [3.8, 4) is 11.3 Å². The average Bonchev–Trinajstić information content (AvgIpc) is 3.22. The van der Waals surface area contributed by atoms with Crippen molar-refractivity contribution in [1.29, 1.82) is 0 Å². The SMILES string of the molecule is Cc1cnnc(-c2ccc(C(=O)N3CCC(N4CCOC4=O)CC3)cc2)c1C.O=CO. The van der Waals surface area contributed by atoms with E-state index in [0.717, 1.165) is 35.2 Å². The van der Waals surface area contributed by atoms with Crippen LogP contribution in [0.15, 0.2) is 30.5 Å². The molecule has 0 saturated carbocycles. The molecule has 0 aliphatic carbocycles. The largest absolute Gasteiger partial charge is 0.483 e. The third kappa shape index (κ3) is 4.99. The maximum atomic E-state index is 12.9. The molecule has 2 aromatic rings. The van der Waals surface area contributed by atoms with Crippen LogP contribution >= 0.6 is 0 Å². The van der Waals surface area contributed by atoms with Crippen molar-refractivity contribution >= 4 is 18.5 Å². The van der Waals surface area contributed by atoms with Crippen LogP contribution in [0, 0.1) is 13.8 Å². The van der Waals surface area contributed by atoms with Crippen LogP contribution < -0.4 is 0 Å². The normalized spacial score (nSPS) is 16.4. The summed E-state index contributed by atoms with van der Waals surface area (Å²) in [6, 6.07) is 7.73. The summed E-state index contributed by atoms with van der Waals surface area (Å²) in [7, 11) is 0. The van der Waals surface area contributed by atoms with Crippen LogP contribution in [0.5, 0.6) is 0 Å². The number of rotatable bonds is 3. The second-order valence-electron chi connectivity index (χ2n) is 7.52.